The van der Waals surface area contributed by atoms with Crippen LogP contribution in [0.25, 0.3) is 0 Å². The van der Waals surface area contributed by atoms with Crippen molar-refractivity contribution in [2.45, 2.75) is 0 Å². The van der Waals surface area contributed by atoms with Gasteiger partial charge < -0.3 is 10.1 Å². The Balaban J connectivity index is 2.11. The number of imide groups is 2. The number of ether oxygens (including phenoxy) is 1. The van der Waals surface area contributed by atoms with E-state index in [4.69, 9.17) is 16.3 Å². The number of methoxy groups -OCH3 is 1. The largest absolute Gasteiger partial charge is 0.495 e. The van der Waals surface area contributed by atoms with Gasteiger partial charge in [0, 0.05) is 12.1 Å². The molecule has 8 nitrogen and oxygen atoms in total. The first-order chi connectivity index (χ1) is 10.3. The number of urea groups is 1. The van der Waals surface area contributed by atoms with Gasteiger partial charge in [0.25, 0.3) is 0 Å². The molecule has 0 saturated carbocycles. The lowest BCUT2D eigenvalue weighted by molar-refractivity contribution is -0.143. The second kappa shape index (κ2) is 6.02. The molecular formula is C13H12ClN3O5. The summed E-state index contributed by atoms with van der Waals surface area (Å²) in [7, 11) is 2.58. The molecule has 0 bridgehead atoms. The van der Waals surface area contributed by atoms with Gasteiger partial charge in [0.15, 0.2) is 0 Å². The summed E-state index contributed by atoms with van der Waals surface area (Å²) in [4.78, 5) is 47.8. The molecule has 5 amide bonds. The van der Waals surface area contributed by atoms with Gasteiger partial charge in [0.1, 0.15) is 12.3 Å². The van der Waals surface area contributed by atoms with Gasteiger partial charge in [0.05, 0.1) is 12.8 Å². The average molecular weight is 326 g/mol. The van der Waals surface area contributed by atoms with Crippen molar-refractivity contribution in [2.24, 2.45) is 0 Å². The third-order valence-electron chi connectivity index (χ3n) is 2.99. The SMILES string of the molecule is COc1ccc(Cl)cc1NC(=O)CN1C(=O)C(=O)N(C)C1=O. The third kappa shape index (κ3) is 2.86. The number of amides is 5. The molecule has 116 valence electrons. The number of nitrogens with zero attached hydrogens (tertiary/aromatic N) is 2. The number of rotatable bonds is 4. The fourth-order valence-corrected chi connectivity index (χ4v) is 2.04. The van der Waals surface area contributed by atoms with Crippen LogP contribution in [0.3, 0.4) is 0 Å². The lowest BCUT2D eigenvalue weighted by Crippen LogP contribution is -2.38. The van der Waals surface area contributed by atoms with Crippen LogP contribution in [0.4, 0.5) is 10.5 Å². The first kappa shape index (κ1) is 15.8. The van der Waals surface area contributed by atoms with Crippen molar-refractivity contribution >= 4 is 41.0 Å². The maximum absolute atomic E-state index is 12.0. The Morgan fingerprint density at radius 1 is 1.27 bits per heavy atom. The number of halogens is 1. The Morgan fingerprint density at radius 3 is 2.50 bits per heavy atom. The lowest BCUT2D eigenvalue weighted by Gasteiger charge is -2.14. The van der Waals surface area contributed by atoms with Crippen LogP contribution in [-0.4, -0.2) is 54.3 Å². The minimum absolute atomic E-state index is 0.291. The van der Waals surface area contributed by atoms with E-state index in [2.05, 4.69) is 5.32 Å². The maximum atomic E-state index is 12.0. The maximum Gasteiger partial charge on any atom is 0.334 e. The Kier molecular flexibility index (Phi) is 4.32. The zero-order valence-corrected chi connectivity index (χ0v) is 12.5. The van der Waals surface area contributed by atoms with Crippen molar-refractivity contribution in [3.05, 3.63) is 23.2 Å². The lowest BCUT2D eigenvalue weighted by atomic mass is 10.3. The average Bonchev–Trinajstić information content (AvgIpc) is 2.65. The van der Waals surface area contributed by atoms with Crippen LogP contribution in [-0.2, 0) is 14.4 Å². The predicted molar refractivity (Wildman–Crippen MR) is 76.5 cm³/mol. The van der Waals surface area contributed by atoms with Crippen molar-refractivity contribution < 1.29 is 23.9 Å². The van der Waals surface area contributed by atoms with Gasteiger partial charge >= 0.3 is 17.8 Å². The molecule has 1 aliphatic heterocycles. The van der Waals surface area contributed by atoms with E-state index in [1.54, 1.807) is 12.1 Å². The topological polar surface area (TPSA) is 96.0 Å². The Hall–Kier alpha value is -2.61. The molecule has 1 N–H and O–H groups in total. The summed E-state index contributed by atoms with van der Waals surface area (Å²) in [5.74, 6) is -2.31. The zero-order valence-electron chi connectivity index (χ0n) is 11.8. The van der Waals surface area contributed by atoms with Crippen molar-refractivity contribution in [1.29, 1.82) is 0 Å². The van der Waals surface area contributed by atoms with Crippen LogP contribution in [0.15, 0.2) is 18.2 Å². The molecule has 0 aliphatic carbocycles. The second-order valence-electron chi connectivity index (χ2n) is 4.43. The molecule has 0 aromatic heterocycles. The molecule has 1 aliphatic rings. The highest BCUT2D eigenvalue weighted by molar-refractivity contribution is 6.45. The highest BCUT2D eigenvalue weighted by Gasteiger charge is 2.43. The summed E-state index contributed by atoms with van der Waals surface area (Å²) < 4.78 is 5.06. The highest BCUT2D eigenvalue weighted by atomic mass is 35.5. The molecule has 1 heterocycles. The molecule has 2 rings (SSSR count). The molecule has 0 radical (unpaired) electrons. The number of hydrogen-bond acceptors (Lipinski definition) is 5. The quantitative estimate of drug-likeness (QED) is 0.649. The molecule has 0 spiro atoms. The van der Waals surface area contributed by atoms with Gasteiger partial charge in [-0.3, -0.25) is 19.3 Å². The summed E-state index contributed by atoms with van der Waals surface area (Å²) in [5.41, 5.74) is 0.291. The van der Waals surface area contributed by atoms with E-state index >= 15 is 0 Å². The molecule has 1 aromatic rings. The minimum atomic E-state index is -1.04. The first-order valence-corrected chi connectivity index (χ1v) is 6.50. The molecule has 9 heteroatoms. The zero-order chi connectivity index (χ0) is 16.4. The van der Waals surface area contributed by atoms with Gasteiger partial charge in [-0.15, -0.1) is 0 Å². The third-order valence-corrected chi connectivity index (χ3v) is 3.22. The van der Waals surface area contributed by atoms with E-state index in [0.29, 0.717) is 26.3 Å². The number of likely N-dealkylation sites (N-methyl/N-ethyl adjacent to an activating group) is 1. The van der Waals surface area contributed by atoms with Crippen LogP contribution < -0.4 is 10.1 Å². The van der Waals surface area contributed by atoms with Crippen LogP contribution >= 0.6 is 11.6 Å². The monoisotopic (exact) mass is 325 g/mol. The Labute approximate surface area is 130 Å². The molecule has 0 unspecified atom stereocenters. The Bertz CT molecular complexity index is 676. The normalized spacial score (nSPS) is 14.6. The fraction of sp³-hybridized carbons (Fsp3) is 0.231. The van der Waals surface area contributed by atoms with Gasteiger partial charge in [-0.2, -0.15) is 0 Å². The summed E-state index contributed by atoms with van der Waals surface area (Å²) >= 11 is 5.84. The van der Waals surface area contributed by atoms with Crippen molar-refractivity contribution in [2.75, 3.05) is 26.0 Å². The standard InChI is InChI=1S/C13H12ClN3O5/c1-16-11(19)12(20)17(13(16)21)6-10(18)15-8-5-7(14)3-4-9(8)22-2/h3-5H,6H2,1-2H3,(H,15,18). The van der Waals surface area contributed by atoms with Crippen molar-refractivity contribution in [3.63, 3.8) is 0 Å². The number of hydrogen-bond donors (Lipinski definition) is 1. The smallest absolute Gasteiger partial charge is 0.334 e. The van der Waals surface area contributed by atoms with Gasteiger partial charge in [-0.05, 0) is 18.2 Å². The molecule has 0 atom stereocenters. The van der Waals surface area contributed by atoms with Crippen LogP contribution in [0.5, 0.6) is 5.75 Å². The summed E-state index contributed by atoms with van der Waals surface area (Å²) in [6.07, 6.45) is 0. The van der Waals surface area contributed by atoms with Crippen LogP contribution in [0.1, 0.15) is 0 Å². The summed E-state index contributed by atoms with van der Waals surface area (Å²) in [5, 5.41) is 2.85. The molecule has 1 aromatic carbocycles. The Morgan fingerprint density at radius 2 is 1.95 bits per heavy atom. The van der Waals surface area contributed by atoms with Gasteiger partial charge in [-0.25, -0.2) is 9.69 Å². The number of carbonyl (C=O) groups excluding carboxylic acids is 4. The van der Waals surface area contributed by atoms with E-state index in [0.717, 1.165) is 0 Å². The first-order valence-electron chi connectivity index (χ1n) is 6.12. The molecule has 22 heavy (non-hydrogen) atoms. The van der Waals surface area contributed by atoms with E-state index in [1.807, 2.05) is 0 Å². The highest BCUT2D eigenvalue weighted by Crippen LogP contribution is 2.27. The van der Waals surface area contributed by atoms with E-state index in [-0.39, 0.29) is 0 Å². The summed E-state index contributed by atoms with van der Waals surface area (Å²) in [6, 6.07) is 3.75. The summed E-state index contributed by atoms with van der Waals surface area (Å²) in [6.45, 7) is -0.580. The molecular weight excluding hydrogens is 314 g/mol. The minimum Gasteiger partial charge on any atom is -0.495 e. The van der Waals surface area contributed by atoms with E-state index in [9.17, 15) is 19.2 Å². The number of nitrogens with one attached hydrogen (secondary N) is 1. The number of anilines is 1. The number of benzene rings is 1. The van der Waals surface area contributed by atoms with Gasteiger partial charge in [0.2, 0.25) is 5.91 Å². The number of carbonyl (C=O) groups is 4. The van der Waals surface area contributed by atoms with Crippen molar-refractivity contribution in [1.82, 2.24) is 9.80 Å². The van der Waals surface area contributed by atoms with E-state index < -0.39 is 30.3 Å². The van der Waals surface area contributed by atoms with Crippen LogP contribution in [0, 0.1) is 0 Å². The fourth-order valence-electron chi connectivity index (χ4n) is 1.86. The van der Waals surface area contributed by atoms with E-state index in [1.165, 1.54) is 20.2 Å². The molecule has 1 saturated heterocycles. The van der Waals surface area contributed by atoms with Crippen LogP contribution in [0.2, 0.25) is 5.02 Å². The molecule has 1 fully saturated rings. The second-order valence-corrected chi connectivity index (χ2v) is 4.87. The predicted octanol–water partition coefficient (Wildman–Crippen LogP) is 0.708. The van der Waals surface area contributed by atoms with Crippen molar-refractivity contribution in [3.8, 4) is 5.75 Å². The van der Waals surface area contributed by atoms with Gasteiger partial charge in [-0.1, -0.05) is 11.6 Å².